The topological polar surface area (TPSA) is 167 Å². The zero-order valence-corrected chi connectivity index (χ0v) is 17.1. The monoisotopic (exact) mass is 401 g/mol. The Morgan fingerprint density at radius 1 is 0.929 bits per heavy atom. The van der Waals surface area contributed by atoms with Crippen LogP contribution in [0.25, 0.3) is 0 Å². The van der Waals surface area contributed by atoms with Crippen molar-refractivity contribution in [1.82, 2.24) is 21.3 Å². The number of rotatable bonds is 18. The van der Waals surface area contributed by atoms with E-state index in [0.29, 0.717) is 13.1 Å². The molecule has 0 aliphatic rings. The number of carbonyl (C=O) groups excluding carboxylic acids is 2. The second-order valence-electron chi connectivity index (χ2n) is 6.85. The van der Waals surface area contributed by atoms with E-state index in [9.17, 15) is 14.7 Å². The Hall–Kier alpha value is -1.91. The van der Waals surface area contributed by atoms with E-state index in [0.717, 1.165) is 64.6 Å². The zero-order valence-electron chi connectivity index (χ0n) is 17.1. The highest BCUT2D eigenvalue weighted by Crippen LogP contribution is 1.98. The van der Waals surface area contributed by atoms with Crippen molar-refractivity contribution in [3.63, 3.8) is 0 Å². The average Bonchev–Trinajstić information content (AvgIpc) is 2.67. The fraction of sp³-hybridized carbons (Fsp3) is 0.833. The predicted octanol–water partition coefficient (Wildman–Crippen LogP) is -1.26. The molecule has 10 heteroatoms. The third-order valence-corrected chi connectivity index (χ3v) is 4.07. The summed E-state index contributed by atoms with van der Waals surface area (Å²) in [5, 5.41) is 24.5. The highest BCUT2D eigenvalue weighted by atomic mass is 16.3. The predicted molar refractivity (Wildman–Crippen MR) is 112 cm³/mol. The van der Waals surface area contributed by atoms with E-state index in [1.807, 2.05) is 6.92 Å². The van der Waals surface area contributed by atoms with Crippen molar-refractivity contribution in [3.8, 4) is 0 Å². The summed E-state index contributed by atoms with van der Waals surface area (Å²) in [5.41, 5.74) is 5.66. The van der Waals surface area contributed by atoms with Crippen LogP contribution in [-0.2, 0) is 9.59 Å². The minimum absolute atomic E-state index is 0.193. The largest absolute Gasteiger partial charge is 0.375 e. The van der Waals surface area contributed by atoms with Gasteiger partial charge in [-0.2, -0.15) is 5.10 Å². The van der Waals surface area contributed by atoms with Gasteiger partial charge in [0, 0.05) is 25.7 Å². The molecule has 0 fully saturated rings. The summed E-state index contributed by atoms with van der Waals surface area (Å²) in [4.78, 5) is 23.6. The van der Waals surface area contributed by atoms with Crippen LogP contribution in [0.3, 0.4) is 0 Å². The molecule has 0 bridgehead atoms. The van der Waals surface area contributed by atoms with Crippen LogP contribution in [-0.4, -0.2) is 68.1 Å². The lowest BCUT2D eigenvalue weighted by molar-refractivity contribution is -0.141. The average molecular weight is 402 g/mol. The van der Waals surface area contributed by atoms with E-state index in [2.05, 4.69) is 26.4 Å². The van der Waals surface area contributed by atoms with Gasteiger partial charge in [-0.15, -0.1) is 0 Å². The number of nitrogens with zero attached hydrogens (tertiary/aromatic N) is 1. The molecule has 9 N–H and O–H groups in total. The van der Waals surface area contributed by atoms with Crippen LogP contribution in [0.5, 0.6) is 0 Å². The lowest BCUT2D eigenvalue weighted by Gasteiger charge is -2.12. The van der Waals surface area contributed by atoms with Crippen molar-refractivity contribution < 1.29 is 14.7 Å². The second kappa shape index (κ2) is 18.5. The van der Waals surface area contributed by atoms with E-state index in [1.165, 1.54) is 6.34 Å². The summed E-state index contributed by atoms with van der Waals surface area (Å²) < 4.78 is 0. The van der Waals surface area contributed by atoms with Crippen molar-refractivity contribution >= 4 is 18.2 Å². The van der Waals surface area contributed by atoms with Crippen LogP contribution < -0.4 is 32.8 Å². The normalized spacial score (nSPS) is 13.2. The van der Waals surface area contributed by atoms with Crippen LogP contribution >= 0.6 is 0 Å². The molecule has 0 saturated heterocycles. The van der Waals surface area contributed by atoms with Gasteiger partial charge in [0.2, 0.25) is 6.10 Å². The summed E-state index contributed by atoms with van der Waals surface area (Å²) in [6.45, 7) is 5.37. The molecule has 0 aromatic rings. The molecular formula is C18H39N7O3. The lowest BCUT2D eigenvalue weighted by atomic mass is 10.2. The molecule has 10 nitrogen and oxygen atoms in total. The minimum Gasteiger partial charge on any atom is -0.375 e. The van der Waals surface area contributed by atoms with Crippen molar-refractivity contribution in [2.75, 3.05) is 32.7 Å². The molecule has 28 heavy (non-hydrogen) atoms. The van der Waals surface area contributed by atoms with Crippen molar-refractivity contribution in [3.05, 3.63) is 0 Å². The second-order valence-corrected chi connectivity index (χ2v) is 6.85. The highest BCUT2D eigenvalue weighted by Gasteiger charge is 2.22. The van der Waals surface area contributed by atoms with Crippen LogP contribution in [0.15, 0.2) is 5.10 Å². The molecule has 164 valence electrons. The number of hydrogen-bond donors (Lipinski definition) is 7. The van der Waals surface area contributed by atoms with Gasteiger partial charge in [-0.05, 0) is 52.1 Å². The number of hydrazone groups is 1. The smallest absolute Gasteiger partial charge is 0.258 e. The van der Waals surface area contributed by atoms with Crippen molar-refractivity contribution in [2.45, 2.75) is 64.0 Å². The van der Waals surface area contributed by atoms with Crippen LogP contribution in [0.2, 0.25) is 0 Å². The minimum atomic E-state index is -1.66. The Balaban J connectivity index is 3.57. The summed E-state index contributed by atoms with van der Waals surface area (Å²) in [6.07, 6.45) is 6.12. The number of amides is 2. The number of nitrogens with one attached hydrogen (secondary N) is 4. The van der Waals surface area contributed by atoms with Gasteiger partial charge in [0.05, 0.1) is 0 Å². The molecule has 0 heterocycles. The Kier molecular flexibility index (Phi) is 17.2. The van der Waals surface area contributed by atoms with Gasteiger partial charge >= 0.3 is 0 Å². The zero-order chi connectivity index (χ0) is 21.0. The number of hydrogen-bond acceptors (Lipinski definition) is 7. The highest BCUT2D eigenvalue weighted by molar-refractivity contribution is 6.02. The molecule has 0 spiro atoms. The third-order valence-electron chi connectivity index (χ3n) is 4.07. The standard InChI is InChI=1S/C18H39N7O3/c1-15(19)8-13-21-9-6-7-12-24-18(28)16(26)17(27)23-11-5-3-2-4-10-22-14-25-20/h14-16,21,26H,2-13,19-20H2,1H3,(H,22,25)(H,23,27)(H,24,28). The number of carbonyl (C=O) groups is 2. The van der Waals surface area contributed by atoms with Crippen molar-refractivity contribution in [2.24, 2.45) is 16.7 Å². The molecule has 0 saturated carbocycles. The van der Waals surface area contributed by atoms with E-state index in [-0.39, 0.29) is 6.04 Å². The van der Waals surface area contributed by atoms with E-state index in [4.69, 9.17) is 11.6 Å². The van der Waals surface area contributed by atoms with Crippen LogP contribution in [0.4, 0.5) is 0 Å². The first kappa shape index (κ1) is 26.1. The fourth-order valence-electron chi connectivity index (χ4n) is 2.39. The number of aliphatic hydroxyl groups is 1. The summed E-state index contributed by atoms with van der Waals surface area (Å²) in [6, 6.07) is 0.193. The quantitative estimate of drug-likeness (QED) is 0.0376. The maximum Gasteiger partial charge on any atom is 0.258 e. The molecule has 0 rings (SSSR count). The molecule has 2 unspecified atom stereocenters. The van der Waals surface area contributed by atoms with Gasteiger partial charge < -0.3 is 38.0 Å². The van der Waals surface area contributed by atoms with Crippen LogP contribution in [0.1, 0.15) is 51.9 Å². The van der Waals surface area contributed by atoms with Gasteiger partial charge in [-0.3, -0.25) is 9.59 Å². The maximum absolute atomic E-state index is 11.8. The first-order chi connectivity index (χ1) is 13.5. The molecule has 2 atom stereocenters. The Labute approximate surface area is 168 Å². The number of unbranched alkanes of at least 4 members (excludes halogenated alkanes) is 4. The van der Waals surface area contributed by atoms with E-state index >= 15 is 0 Å². The van der Waals surface area contributed by atoms with E-state index in [1.54, 1.807) is 0 Å². The third kappa shape index (κ3) is 16.3. The Morgan fingerprint density at radius 2 is 1.46 bits per heavy atom. The summed E-state index contributed by atoms with van der Waals surface area (Å²) >= 11 is 0. The number of aliphatic hydroxyl groups excluding tert-OH is 1. The Bertz CT molecular complexity index is 433. The first-order valence-corrected chi connectivity index (χ1v) is 10.1. The van der Waals surface area contributed by atoms with E-state index < -0.39 is 17.9 Å². The lowest BCUT2D eigenvalue weighted by Crippen LogP contribution is -2.46. The Morgan fingerprint density at radius 3 is 2.04 bits per heavy atom. The summed E-state index contributed by atoms with van der Waals surface area (Å²) in [7, 11) is 0. The molecule has 0 aromatic carbocycles. The molecule has 0 aromatic heterocycles. The molecule has 0 aliphatic heterocycles. The van der Waals surface area contributed by atoms with Gasteiger partial charge in [-0.1, -0.05) is 12.8 Å². The SMILES string of the molecule is CC(N)CCNCCCCNC(=O)C(O)C(=O)NCCCCCCNC=NN. The molecule has 0 radical (unpaired) electrons. The molecule has 2 amide bonds. The molecular weight excluding hydrogens is 362 g/mol. The van der Waals surface area contributed by atoms with Crippen molar-refractivity contribution in [1.29, 1.82) is 0 Å². The van der Waals surface area contributed by atoms with Gasteiger partial charge in [0.25, 0.3) is 11.8 Å². The fourth-order valence-corrected chi connectivity index (χ4v) is 2.39. The van der Waals surface area contributed by atoms with Gasteiger partial charge in [-0.25, -0.2) is 0 Å². The van der Waals surface area contributed by atoms with Crippen LogP contribution in [0, 0.1) is 0 Å². The number of nitrogens with two attached hydrogens (primary N) is 2. The van der Waals surface area contributed by atoms with Gasteiger partial charge in [0.1, 0.15) is 6.34 Å². The van der Waals surface area contributed by atoms with Gasteiger partial charge in [0.15, 0.2) is 0 Å². The molecule has 0 aliphatic carbocycles. The first-order valence-electron chi connectivity index (χ1n) is 10.1. The maximum atomic E-state index is 11.8. The summed E-state index contributed by atoms with van der Waals surface area (Å²) in [5.74, 6) is 3.65.